The molecule has 2 rings (SSSR count). The van der Waals surface area contributed by atoms with Crippen LogP contribution in [0.4, 0.5) is 4.79 Å². The van der Waals surface area contributed by atoms with E-state index in [2.05, 4.69) is 10.6 Å². The maximum absolute atomic E-state index is 12.4. The third kappa shape index (κ3) is 2.95. The van der Waals surface area contributed by atoms with Crippen LogP contribution in [0.5, 0.6) is 0 Å². The van der Waals surface area contributed by atoms with Crippen molar-refractivity contribution in [2.24, 2.45) is 17.6 Å². The van der Waals surface area contributed by atoms with Crippen molar-refractivity contribution in [2.45, 2.75) is 51.6 Å². The second-order valence-corrected chi connectivity index (χ2v) is 6.62. The number of nitrogens with two attached hydrogens (primary N) is 1. The fourth-order valence-corrected chi connectivity index (χ4v) is 3.23. The van der Waals surface area contributed by atoms with Gasteiger partial charge in [-0.05, 0) is 31.6 Å². The van der Waals surface area contributed by atoms with Crippen molar-refractivity contribution in [3.8, 4) is 0 Å². The van der Waals surface area contributed by atoms with Gasteiger partial charge < -0.3 is 16.0 Å². The molecule has 0 saturated carbocycles. The predicted molar refractivity (Wildman–Crippen MR) is 81.8 cm³/mol. The number of hydrogen-bond acceptors (Lipinski definition) is 4. The molecule has 2 fully saturated rings. The number of carbonyl (C=O) groups is 3. The van der Waals surface area contributed by atoms with Crippen molar-refractivity contribution in [3.05, 3.63) is 0 Å². The molecule has 3 unspecified atom stereocenters. The summed E-state index contributed by atoms with van der Waals surface area (Å²) in [5, 5.41) is 5.01. The number of rotatable bonds is 4. The third-order valence-corrected chi connectivity index (χ3v) is 5.24. The van der Waals surface area contributed by atoms with Gasteiger partial charge in [-0.15, -0.1) is 0 Å². The summed E-state index contributed by atoms with van der Waals surface area (Å²) in [6.07, 6.45) is 2.24. The van der Waals surface area contributed by atoms with Crippen LogP contribution in [0.2, 0.25) is 0 Å². The summed E-state index contributed by atoms with van der Waals surface area (Å²) in [6.45, 7) is 6.90. The van der Waals surface area contributed by atoms with Crippen LogP contribution >= 0.6 is 0 Å². The number of imide groups is 1. The second-order valence-electron chi connectivity index (χ2n) is 6.62. The number of piperidine rings is 1. The highest BCUT2D eigenvalue weighted by Crippen LogP contribution is 2.31. The van der Waals surface area contributed by atoms with Gasteiger partial charge in [0, 0.05) is 13.1 Å². The Balaban J connectivity index is 1.95. The van der Waals surface area contributed by atoms with Crippen molar-refractivity contribution in [1.29, 1.82) is 0 Å². The lowest BCUT2D eigenvalue weighted by atomic mass is 9.79. The molecule has 4 N–H and O–H groups in total. The van der Waals surface area contributed by atoms with E-state index in [0.29, 0.717) is 25.9 Å². The predicted octanol–water partition coefficient (Wildman–Crippen LogP) is 0.197. The molecule has 22 heavy (non-hydrogen) atoms. The van der Waals surface area contributed by atoms with E-state index < -0.39 is 17.6 Å². The van der Waals surface area contributed by atoms with Crippen LogP contribution in [0.25, 0.3) is 0 Å². The fourth-order valence-electron chi connectivity index (χ4n) is 3.23. The van der Waals surface area contributed by atoms with Crippen molar-refractivity contribution in [2.75, 3.05) is 13.1 Å². The number of carbonyl (C=O) groups excluding carboxylic acids is 3. The average Bonchev–Trinajstić information content (AvgIpc) is 2.78. The number of hydrogen-bond donors (Lipinski definition) is 3. The Bertz CT molecular complexity index is 473. The number of amides is 4. The van der Waals surface area contributed by atoms with E-state index in [1.807, 2.05) is 13.8 Å². The van der Waals surface area contributed by atoms with Gasteiger partial charge in [-0.25, -0.2) is 4.79 Å². The minimum Gasteiger partial charge on any atom is -0.341 e. The Morgan fingerprint density at radius 1 is 1.41 bits per heavy atom. The van der Waals surface area contributed by atoms with Crippen LogP contribution in [0, 0.1) is 11.8 Å². The van der Waals surface area contributed by atoms with Gasteiger partial charge in [0.1, 0.15) is 5.54 Å². The molecule has 7 heteroatoms. The Labute approximate surface area is 131 Å². The van der Waals surface area contributed by atoms with E-state index in [-0.39, 0.29) is 23.7 Å². The zero-order chi connectivity index (χ0) is 16.5. The highest BCUT2D eigenvalue weighted by Gasteiger charge is 2.48. The van der Waals surface area contributed by atoms with E-state index >= 15 is 0 Å². The fraction of sp³-hybridized carbons (Fsp3) is 0.800. The van der Waals surface area contributed by atoms with Crippen molar-refractivity contribution in [3.63, 3.8) is 0 Å². The second kappa shape index (κ2) is 6.24. The smallest absolute Gasteiger partial charge is 0.322 e. The monoisotopic (exact) mass is 310 g/mol. The molecular formula is C15H26N4O3. The van der Waals surface area contributed by atoms with Crippen LogP contribution in [-0.2, 0) is 9.59 Å². The average molecular weight is 310 g/mol. The standard InChI is InChI=1S/C15H26N4O3/c1-4-9(2)11(16)12(20)19-7-5-10(6-8-19)15(3)13(21)17-14(22)18-15/h9-11H,4-8,16H2,1-3H3,(H2,17,18,21,22). The van der Waals surface area contributed by atoms with Crippen LogP contribution < -0.4 is 16.4 Å². The zero-order valence-corrected chi connectivity index (χ0v) is 13.5. The summed E-state index contributed by atoms with van der Waals surface area (Å²) in [7, 11) is 0. The number of likely N-dealkylation sites (tertiary alicyclic amines) is 1. The topological polar surface area (TPSA) is 105 Å². The number of nitrogens with zero attached hydrogens (tertiary/aromatic N) is 1. The van der Waals surface area contributed by atoms with Gasteiger partial charge in [0.2, 0.25) is 5.91 Å². The largest absolute Gasteiger partial charge is 0.341 e. The first-order valence-corrected chi connectivity index (χ1v) is 7.97. The highest BCUT2D eigenvalue weighted by molar-refractivity contribution is 6.07. The summed E-state index contributed by atoms with van der Waals surface area (Å²) in [6, 6.07) is -0.906. The SMILES string of the molecule is CCC(C)C(N)C(=O)N1CCC(C2(C)NC(=O)NC2=O)CC1. The summed E-state index contributed by atoms with van der Waals surface area (Å²) in [5.74, 6) is -0.109. The summed E-state index contributed by atoms with van der Waals surface area (Å²) in [4.78, 5) is 37.5. The molecule has 2 aliphatic heterocycles. The molecule has 0 aromatic carbocycles. The van der Waals surface area contributed by atoms with Crippen LogP contribution in [-0.4, -0.2) is 47.4 Å². The van der Waals surface area contributed by atoms with E-state index in [0.717, 1.165) is 6.42 Å². The van der Waals surface area contributed by atoms with E-state index in [9.17, 15) is 14.4 Å². The Morgan fingerprint density at radius 3 is 2.45 bits per heavy atom. The molecular weight excluding hydrogens is 284 g/mol. The lowest BCUT2D eigenvalue weighted by Crippen LogP contribution is -2.56. The maximum atomic E-state index is 12.4. The van der Waals surface area contributed by atoms with Crippen molar-refractivity contribution >= 4 is 17.8 Å². The Hall–Kier alpha value is -1.63. The van der Waals surface area contributed by atoms with Crippen LogP contribution in [0.3, 0.4) is 0 Å². The molecule has 124 valence electrons. The molecule has 0 bridgehead atoms. The van der Waals surface area contributed by atoms with Gasteiger partial charge in [0.05, 0.1) is 6.04 Å². The normalized spacial score (nSPS) is 29.0. The summed E-state index contributed by atoms with van der Waals surface area (Å²) < 4.78 is 0. The molecule has 0 spiro atoms. The molecule has 0 aliphatic carbocycles. The molecule has 2 aliphatic rings. The molecule has 0 aromatic rings. The third-order valence-electron chi connectivity index (χ3n) is 5.24. The lowest BCUT2D eigenvalue weighted by molar-refractivity contribution is -0.136. The van der Waals surface area contributed by atoms with E-state index in [1.54, 1.807) is 11.8 Å². The highest BCUT2D eigenvalue weighted by atomic mass is 16.2. The van der Waals surface area contributed by atoms with Gasteiger partial charge >= 0.3 is 6.03 Å². The molecule has 7 nitrogen and oxygen atoms in total. The summed E-state index contributed by atoms with van der Waals surface area (Å²) >= 11 is 0. The maximum Gasteiger partial charge on any atom is 0.322 e. The van der Waals surface area contributed by atoms with Gasteiger partial charge in [-0.2, -0.15) is 0 Å². The number of nitrogens with one attached hydrogen (secondary N) is 2. The van der Waals surface area contributed by atoms with Gasteiger partial charge in [-0.3, -0.25) is 14.9 Å². The molecule has 4 amide bonds. The quantitative estimate of drug-likeness (QED) is 0.645. The molecule has 0 radical (unpaired) electrons. The first kappa shape index (κ1) is 16.7. The van der Waals surface area contributed by atoms with E-state index in [1.165, 1.54) is 0 Å². The zero-order valence-electron chi connectivity index (χ0n) is 13.5. The van der Waals surface area contributed by atoms with E-state index in [4.69, 9.17) is 5.73 Å². The number of urea groups is 1. The molecule has 3 atom stereocenters. The first-order valence-electron chi connectivity index (χ1n) is 7.97. The molecule has 0 aromatic heterocycles. The summed E-state index contributed by atoms with van der Waals surface area (Å²) in [5.41, 5.74) is 5.14. The van der Waals surface area contributed by atoms with Gasteiger partial charge in [0.15, 0.2) is 0 Å². The van der Waals surface area contributed by atoms with Gasteiger partial charge in [-0.1, -0.05) is 20.3 Å². The Morgan fingerprint density at radius 2 is 2.00 bits per heavy atom. The van der Waals surface area contributed by atoms with Gasteiger partial charge in [0.25, 0.3) is 5.91 Å². The first-order chi connectivity index (χ1) is 10.3. The van der Waals surface area contributed by atoms with Crippen LogP contribution in [0.1, 0.15) is 40.0 Å². The lowest BCUT2D eigenvalue weighted by Gasteiger charge is -2.39. The molecule has 2 saturated heterocycles. The minimum absolute atomic E-state index is 0.0159. The minimum atomic E-state index is -0.870. The van der Waals surface area contributed by atoms with Crippen LogP contribution in [0.15, 0.2) is 0 Å². The Kier molecular flexibility index (Phi) is 4.75. The molecule has 2 heterocycles. The van der Waals surface area contributed by atoms with Crippen molar-refractivity contribution in [1.82, 2.24) is 15.5 Å². The van der Waals surface area contributed by atoms with Crippen molar-refractivity contribution < 1.29 is 14.4 Å².